The van der Waals surface area contributed by atoms with Gasteiger partial charge in [0.2, 0.25) is 0 Å². The molecule has 0 spiro atoms. The summed E-state index contributed by atoms with van der Waals surface area (Å²) in [6.45, 7) is 0. The summed E-state index contributed by atoms with van der Waals surface area (Å²) < 4.78 is 4.45. The van der Waals surface area contributed by atoms with E-state index in [1.165, 1.54) is 30.3 Å². The minimum Gasteiger partial charge on any atom is -0.452 e. The Morgan fingerprint density at radius 1 is 1.29 bits per heavy atom. The molecule has 0 unspecified atom stereocenters. The fourth-order valence-electron chi connectivity index (χ4n) is 2.60. The number of hydrogen-bond donors (Lipinski definition) is 3. The van der Waals surface area contributed by atoms with Crippen LogP contribution >= 0.6 is 23.2 Å². The highest BCUT2D eigenvalue weighted by molar-refractivity contribution is 6.42. The van der Waals surface area contributed by atoms with Gasteiger partial charge in [0.05, 0.1) is 33.1 Å². The molecule has 0 aliphatic carbocycles. The molecule has 13 heteroatoms. The van der Waals surface area contributed by atoms with Crippen molar-refractivity contribution in [1.82, 2.24) is 15.4 Å². The average Bonchev–Trinajstić information content (AvgIpc) is 2.75. The van der Waals surface area contributed by atoms with Crippen LogP contribution in [0, 0.1) is 10.1 Å². The highest BCUT2D eigenvalue weighted by Crippen LogP contribution is 2.27. The lowest BCUT2D eigenvalue weighted by Crippen LogP contribution is -2.29. The minimum atomic E-state index is -1.55. The van der Waals surface area contributed by atoms with Crippen LogP contribution in [-0.2, 0) is 4.74 Å². The van der Waals surface area contributed by atoms with Crippen molar-refractivity contribution < 1.29 is 19.6 Å². The topological polar surface area (TPSA) is 160 Å². The number of aromatic amines is 1. The van der Waals surface area contributed by atoms with E-state index in [-0.39, 0.29) is 43.7 Å². The molecule has 0 bridgehead atoms. The molecule has 0 aliphatic rings. The van der Waals surface area contributed by atoms with Gasteiger partial charge < -0.3 is 14.8 Å². The summed E-state index contributed by atoms with van der Waals surface area (Å²) in [5, 5.41) is 26.0. The van der Waals surface area contributed by atoms with E-state index >= 15 is 0 Å². The number of aromatic nitrogens is 2. The number of benzene rings is 2. The predicted octanol–water partition coefficient (Wildman–Crippen LogP) is 2.93. The summed E-state index contributed by atoms with van der Waals surface area (Å²) >= 11 is 11.9. The van der Waals surface area contributed by atoms with Crippen LogP contribution in [0.3, 0.4) is 0 Å². The molecular formula is C18H13Cl2N5O6. The number of nitrogens with one attached hydrogen (secondary N) is 2. The van der Waals surface area contributed by atoms with Crippen LogP contribution in [0.1, 0.15) is 17.4 Å². The third-order valence-electron chi connectivity index (χ3n) is 4.10. The van der Waals surface area contributed by atoms with Crippen molar-refractivity contribution in [2.75, 3.05) is 7.11 Å². The lowest BCUT2D eigenvalue weighted by Gasteiger charge is -2.14. The zero-order valence-corrected chi connectivity index (χ0v) is 17.1. The summed E-state index contributed by atoms with van der Waals surface area (Å²) in [6, 6.07) is 7.92. The van der Waals surface area contributed by atoms with Crippen molar-refractivity contribution in [2.45, 2.75) is 6.10 Å². The second-order valence-corrected chi connectivity index (χ2v) is 6.86. The number of H-pyrrole nitrogens is 1. The fraction of sp³-hybridized carbons (Fsp3) is 0.111. The first-order valence-corrected chi connectivity index (χ1v) is 9.20. The molecular weight excluding hydrogens is 453 g/mol. The van der Waals surface area contributed by atoms with Gasteiger partial charge in [-0.05, 0) is 23.8 Å². The maximum Gasteiger partial charge on any atom is 0.427 e. The largest absolute Gasteiger partial charge is 0.452 e. The maximum absolute atomic E-state index is 12.7. The van der Waals surface area contributed by atoms with Crippen molar-refractivity contribution in [3.05, 3.63) is 78.2 Å². The van der Waals surface area contributed by atoms with E-state index in [0.717, 1.165) is 13.2 Å². The van der Waals surface area contributed by atoms with Crippen LogP contribution in [-0.4, -0.2) is 38.9 Å². The number of nitrogens with zero attached hydrogens (tertiary/aromatic N) is 3. The summed E-state index contributed by atoms with van der Waals surface area (Å²) in [7, 11) is 1.11. The fourth-order valence-corrected chi connectivity index (χ4v) is 2.90. The van der Waals surface area contributed by atoms with E-state index in [0.29, 0.717) is 0 Å². The molecule has 0 saturated heterocycles. The standard InChI is InChI=1S/C18H13Cl2N5O6/c1-31-18(28)24-23-14(16(26)8-2-4-10(19)11(20)6-8)15-17(27)22-13-7-9(25(29)30)3-5-12(13)21-15/h2-7,16,26H,1H3,(H,22,27)(H,24,28)/b23-14+/t16-/m1/s1. The van der Waals surface area contributed by atoms with E-state index in [1.807, 2.05) is 5.43 Å². The summed E-state index contributed by atoms with van der Waals surface area (Å²) in [4.78, 5) is 41.1. The second-order valence-electron chi connectivity index (χ2n) is 6.05. The van der Waals surface area contributed by atoms with Crippen LogP contribution < -0.4 is 11.0 Å². The highest BCUT2D eigenvalue weighted by atomic mass is 35.5. The third kappa shape index (κ3) is 4.79. The smallest absolute Gasteiger partial charge is 0.427 e. The summed E-state index contributed by atoms with van der Waals surface area (Å²) in [5.41, 5.74) is 0.823. The number of non-ortho nitro benzene ring substituents is 1. The van der Waals surface area contributed by atoms with E-state index in [9.17, 15) is 24.8 Å². The average molecular weight is 466 g/mol. The van der Waals surface area contributed by atoms with Crippen molar-refractivity contribution >= 4 is 51.7 Å². The first kappa shape index (κ1) is 22.2. The number of hydrogen-bond acceptors (Lipinski definition) is 8. The lowest BCUT2D eigenvalue weighted by molar-refractivity contribution is -0.384. The second kappa shape index (κ2) is 9.08. The van der Waals surface area contributed by atoms with Gasteiger partial charge in [-0.1, -0.05) is 29.3 Å². The molecule has 160 valence electrons. The molecule has 0 aliphatic heterocycles. The molecule has 1 atom stereocenters. The number of nitro groups is 1. The number of aliphatic hydroxyl groups excluding tert-OH is 1. The van der Waals surface area contributed by atoms with Crippen LogP contribution in [0.4, 0.5) is 10.5 Å². The van der Waals surface area contributed by atoms with Gasteiger partial charge in [0.15, 0.2) is 5.69 Å². The molecule has 0 fully saturated rings. The van der Waals surface area contributed by atoms with Crippen LogP contribution in [0.15, 0.2) is 46.3 Å². The number of fused-ring (bicyclic) bond motifs is 1. The molecule has 3 N–H and O–H groups in total. The Labute approximate surface area is 183 Å². The number of halogens is 2. The van der Waals surface area contributed by atoms with E-state index in [1.54, 1.807) is 0 Å². The van der Waals surface area contributed by atoms with Gasteiger partial charge >= 0.3 is 6.09 Å². The Morgan fingerprint density at radius 2 is 2.03 bits per heavy atom. The van der Waals surface area contributed by atoms with Gasteiger partial charge in [-0.3, -0.25) is 14.9 Å². The molecule has 31 heavy (non-hydrogen) atoms. The van der Waals surface area contributed by atoms with Crippen LogP contribution in [0.2, 0.25) is 10.0 Å². The normalized spacial score (nSPS) is 12.5. The zero-order valence-electron chi connectivity index (χ0n) is 15.6. The molecule has 0 saturated carbocycles. The quantitative estimate of drug-likeness (QED) is 0.296. The van der Waals surface area contributed by atoms with Crippen molar-refractivity contribution in [1.29, 1.82) is 0 Å². The Bertz CT molecular complexity index is 1280. The summed E-state index contributed by atoms with van der Waals surface area (Å²) in [6.07, 6.45) is -2.50. The third-order valence-corrected chi connectivity index (χ3v) is 4.84. The number of nitro benzene ring substituents is 1. The number of methoxy groups -OCH3 is 1. The van der Waals surface area contributed by atoms with E-state index < -0.39 is 22.7 Å². The lowest BCUT2D eigenvalue weighted by atomic mass is 10.0. The molecule has 0 radical (unpaired) electrons. The van der Waals surface area contributed by atoms with Crippen molar-refractivity contribution in [3.8, 4) is 0 Å². The molecule has 11 nitrogen and oxygen atoms in total. The monoisotopic (exact) mass is 465 g/mol. The molecule has 3 aromatic rings. The number of carbonyl (C=O) groups is 1. The molecule has 1 aromatic heterocycles. The Kier molecular flexibility index (Phi) is 6.49. The van der Waals surface area contributed by atoms with Gasteiger partial charge in [-0.15, -0.1) is 0 Å². The first-order chi connectivity index (χ1) is 14.7. The molecule has 1 heterocycles. The van der Waals surface area contributed by atoms with Gasteiger partial charge in [-0.25, -0.2) is 15.2 Å². The Hall–Kier alpha value is -3.54. The van der Waals surface area contributed by atoms with Crippen molar-refractivity contribution in [3.63, 3.8) is 0 Å². The van der Waals surface area contributed by atoms with E-state index in [2.05, 4.69) is 19.8 Å². The number of aliphatic hydroxyl groups is 1. The number of rotatable bonds is 5. The highest BCUT2D eigenvalue weighted by Gasteiger charge is 2.24. The van der Waals surface area contributed by atoms with Gasteiger partial charge in [-0.2, -0.15) is 5.10 Å². The molecule has 1 amide bonds. The van der Waals surface area contributed by atoms with Crippen molar-refractivity contribution in [2.24, 2.45) is 5.10 Å². The predicted molar refractivity (Wildman–Crippen MR) is 113 cm³/mol. The number of ether oxygens (including phenoxy) is 1. The van der Waals surface area contributed by atoms with E-state index in [4.69, 9.17) is 23.2 Å². The number of carbonyl (C=O) groups excluding carboxylic acids is 1. The number of amides is 1. The van der Waals surface area contributed by atoms with Crippen LogP contribution in [0.25, 0.3) is 11.0 Å². The zero-order chi connectivity index (χ0) is 22.7. The molecule has 3 rings (SSSR count). The number of hydrazone groups is 1. The Morgan fingerprint density at radius 3 is 2.68 bits per heavy atom. The Balaban J connectivity index is 2.15. The summed E-state index contributed by atoms with van der Waals surface area (Å²) in [5.74, 6) is 0. The molecule has 2 aromatic carbocycles. The maximum atomic E-state index is 12.7. The minimum absolute atomic E-state index is 0.104. The SMILES string of the molecule is COC(=O)N/N=C(\c1nc2ccc([N+](=O)[O-])cc2[nH]c1=O)[C@H](O)c1ccc(Cl)c(Cl)c1. The first-order valence-electron chi connectivity index (χ1n) is 8.44. The van der Waals surface area contributed by atoms with Gasteiger partial charge in [0.1, 0.15) is 11.8 Å². The van der Waals surface area contributed by atoms with Crippen LogP contribution in [0.5, 0.6) is 0 Å². The van der Waals surface area contributed by atoms with Gasteiger partial charge in [0, 0.05) is 12.1 Å². The van der Waals surface area contributed by atoms with Gasteiger partial charge in [0.25, 0.3) is 11.2 Å².